The molecule has 4 nitrogen and oxygen atoms in total. The van der Waals surface area contributed by atoms with Crippen molar-refractivity contribution < 1.29 is 23.0 Å². The number of alkyl halides is 2. The number of carbonyl (C=O) groups excluding carboxylic acids is 1. The van der Waals surface area contributed by atoms with E-state index in [0.717, 1.165) is 0 Å². The largest absolute Gasteiger partial charge is 0.434 e. The molecule has 0 aliphatic carbocycles. The van der Waals surface area contributed by atoms with Gasteiger partial charge in [0.1, 0.15) is 5.75 Å². The summed E-state index contributed by atoms with van der Waals surface area (Å²) in [5.74, 6) is -0.802. The van der Waals surface area contributed by atoms with Crippen LogP contribution in [0.5, 0.6) is 5.75 Å². The smallest absolute Gasteiger partial charge is 0.387 e. The van der Waals surface area contributed by atoms with E-state index < -0.39 is 12.6 Å². The van der Waals surface area contributed by atoms with Crippen molar-refractivity contribution in [1.82, 2.24) is 0 Å². The maximum atomic E-state index is 12.5. The van der Waals surface area contributed by atoms with Gasteiger partial charge in [-0.1, -0.05) is 41.4 Å². The Morgan fingerprint density at radius 3 is 2.64 bits per heavy atom. The highest BCUT2D eigenvalue weighted by Crippen LogP contribution is 2.28. The molecule has 0 atom stereocenters. The fourth-order valence-electron chi connectivity index (χ4n) is 2.14. The summed E-state index contributed by atoms with van der Waals surface area (Å²) in [6.07, 6.45) is 1.30. The molecule has 1 heterocycles. The van der Waals surface area contributed by atoms with Crippen molar-refractivity contribution in [3.63, 3.8) is 0 Å². The zero-order valence-corrected chi connectivity index (χ0v) is 13.9. The average molecular weight is 384 g/mol. The van der Waals surface area contributed by atoms with Gasteiger partial charge in [-0.25, -0.2) is 9.79 Å². The van der Waals surface area contributed by atoms with Crippen LogP contribution in [0.15, 0.2) is 53.2 Å². The number of ether oxygens (including phenoxy) is 2. The number of hydrogen-bond donors (Lipinski definition) is 0. The Kier molecular flexibility index (Phi) is 5.01. The fourth-order valence-corrected chi connectivity index (χ4v) is 2.63. The van der Waals surface area contributed by atoms with E-state index in [1.807, 2.05) is 0 Å². The standard InChI is InChI=1S/C17H9Cl2F2NO3/c18-10-5-6-11(12(19)8-10)15-22-13(16(23)25-15)7-9-3-1-2-4-14(9)24-17(20)21/h1-8,17H/b13-7-. The normalized spacial score (nSPS) is 15.5. The van der Waals surface area contributed by atoms with E-state index in [-0.39, 0.29) is 27.9 Å². The van der Waals surface area contributed by atoms with E-state index in [1.54, 1.807) is 18.2 Å². The number of nitrogens with zero attached hydrogens (tertiary/aromatic N) is 1. The van der Waals surface area contributed by atoms with E-state index in [2.05, 4.69) is 9.73 Å². The molecule has 0 aromatic heterocycles. The molecule has 2 aromatic carbocycles. The lowest BCUT2D eigenvalue weighted by Crippen LogP contribution is -2.06. The Morgan fingerprint density at radius 1 is 1.16 bits per heavy atom. The monoisotopic (exact) mass is 383 g/mol. The molecule has 25 heavy (non-hydrogen) atoms. The second-order valence-corrected chi connectivity index (χ2v) is 5.72. The molecule has 0 N–H and O–H groups in total. The lowest BCUT2D eigenvalue weighted by atomic mass is 10.1. The van der Waals surface area contributed by atoms with Gasteiger partial charge >= 0.3 is 12.6 Å². The van der Waals surface area contributed by atoms with Crippen molar-refractivity contribution in [2.45, 2.75) is 6.61 Å². The number of para-hydroxylation sites is 1. The third-order valence-corrected chi connectivity index (χ3v) is 3.76. The molecule has 8 heteroatoms. The van der Waals surface area contributed by atoms with Crippen molar-refractivity contribution in [3.8, 4) is 5.75 Å². The Hall–Kier alpha value is -2.44. The van der Waals surface area contributed by atoms with Gasteiger partial charge in [-0.05, 0) is 30.3 Å². The Balaban J connectivity index is 1.97. The van der Waals surface area contributed by atoms with Gasteiger partial charge in [-0.15, -0.1) is 0 Å². The molecule has 0 amide bonds. The van der Waals surface area contributed by atoms with Gasteiger partial charge in [0.15, 0.2) is 5.70 Å². The molecule has 2 aromatic rings. The molecular weight excluding hydrogens is 375 g/mol. The second-order valence-electron chi connectivity index (χ2n) is 4.88. The van der Waals surface area contributed by atoms with Crippen LogP contribution in [-0.4, -0.2) is 18.5 Å². The number of rotatable bonds is 4. The van der Waals surface area contributed by atoms with Crippen LogP contribution in [0.3, 0.4) is 0 Å². The van der Waals surface area contributed by atoms with Crippen LogP contribution < -0.4 is 4.74 Å². The third-order valence-electron chi connectivity index (χ3n) is 3.21. The minimum atomic E-state index is -2.98. The predicted octanol–water partition coefficient (Wildman–Crippen LogP) is 4.94. The first-order valence-corrected chi connectivity index (χ1v) is 7.71. The highest BCUT2D eigenvalue weighted by atomic mass is 35.5. The Labute approximate surface area is 151 Å². The highest BCUT2D eigenvalue weighted by molar-refractivity contribution is 6.37. The minimum Gasteiger partial charge on any atom is -0.434 e. The van der Waals surface area contributed by atoms with Gasteiger partial charge in [0.05, 0.1) is 10.6 Å². The molecule has 1 aliphatic heterocycles. The maximum absolute atomic E-state index is 12.5. The summed E-state index contributed by atoms with van der Waals surface area (Å²) >= 11 is 11.9. The quantitative estimate of drug-likeness (QED) is 0.554. The summed E-state index contributed by atoms with van der Waals surface area (Å²) in [7, 11) is 0. The molecule has 0 spiro atoms. The summed E-state index contributed by atoms with van der Waals surface area (Å²) in [6, 6.07) is 10.7. The van der Waals surface area contributed by atoms with Crippen molar-refractivity contribution in [2.75, 3.05) is 0 Å². The Bertz CT molecular complexity index is 897. The van der Waals surface area contributed by atoms with Gasteiger partial charge in [0.2, 0.25) is 5.90 Å². The lowest BCUT2D eigenvalue weighted by Gasteiger charge is -2.07. The lowest BCUT2D eigenvalue weighted by molar-refractivity contribution is -0.129. The van der Waals surface area contributed by atoms with Crippen LogP contribution in [0.25, 0.3) is 6.08 Å². The summed E-state index contributed by atoms with van der Waals surface area (Å²) in [4.78, 5) is 16.1. The first-order valence-electron chi connectivity index (χ1n) is 6.96. The molecule has 0 saturated heterocycles. The minimum absolute atomic E-state index is 0.00479. The second kappa shape index (κ2) is 7.21. The van der Waals surface area contributed by atoms with E-state index in [9.17, 15) is 13.6 Å². The Morgan fingerprint density at radius 2 is 1.92 bits per heavy atom. The highest BCUT2D eigenvalue weighted by Gasteiger charge is 2.26. The number of carbonyl (C=O) groups is 1. The molecular formula is C17H9Cl2F2NO3. The van der Waals surface area contributed by atoms with Crippen LogP contribution in [-0.2, 0) is 9.53 Å². The molecule has 0 saturated carbocycles. The summed E-state index contributed by atoms with van der Waals surface area (Å²) in [5, 5.41) is 0.689. The maximum Gasteiger partial charge on any atom is 0.387 e. The van der Waals surface area contributed by atoms with E-state index in [0.29, 0.717) is 10.6 Å². The van der Waals surface area contributed by atoms with Crippen molar-refractivity contribution in [2.24, 2.45) is 4.99 Å². The third kappa shape index (κ3) is 3.97. The van der Waals surface area contributed by atoms with Crippen LogP contribution in [0.2, 0.25) is 10.0 Å². The molecule has 128 valence electrons. The zero-order chi connectivity index (χ0) is 18.0. The summed E-state index contributed by atoms with van der Waals surface area (Å²) in [6.45, 7) is -2.98. The number of hydrogen-bond acceptors (Lipinski definition) is 4. The molecule has 0 unspecified atom stereocenters. The molecule has 0 bridgehead atoms. The molecule has 1 aliphatic rings. The number of aliphatic imine (C=N–C) groups is 1. The molecule has 0 radical (unpaired) electrons. The van der Waals surface area contributed by atoms with Crippen LogP contribution in [0.4, 0.5) is 8.78 Å². The molecule has 3 rings (SSSR count). The number of benzene rings is 2. The van der Waals surface area contributed by atoms with Crippen molar-refractivity contribution >= 4 is 41.1 Å². The number of esters is 1. The van der Waals surface area contributed by atoms with Crippen LogP contribution in [0.1, 0.15) is 11.1 Å². The number of halogens is 4. The first-order chi connectivity index (χ1) is 11.9. The SMILES string of the molecule is O=C1OC(c2ccc(Cl)cc2Cl)=N/C1=C\c1ccccc1OC(F)F. The average Bonchev–Trinajstić information content (AvgIpc) is 2.89. The van der Waals surface area contributed by atoms with Gasteiger partial charge in [0, 0.05) is 10.6 Å². The van der Waals surface area contributed by atoms with Crippen molar-refractivity contribution in [1.29, 1.82) is 0 Å². The predicted molar refractivity (Wildman–Crippen MR) is 90.1 cm³/mol. The van der Waals surface area contributed by atoms with Gasteiger partial charge in [-0.3, -0.25) is 0 Å². The molecule has 0 fully saturated rings. The van der Waals surface area contributed by atoms with Crippen LogP contribution in [0, 0.1) is 0 Å². The van der Waals surface area contributed by atoms with E-state index in [4.69, 9.17) is 27.9 Å². The zero-order valence-electron chi connectivity index (χ0n) is 12.4. The van der Waals surface area contributed by atoms with Crippen molar-refractivity contribution in [3.05, 3.63) is 69.3 Å². The summed E-state index contributed by atoms with van der Waals surface area (Å²) < 4.78 is 34.4. The number of cyclic esters (lactones) is 1. The van der Waals surface area contributed by atoms with Crippen LogP contribution >= 0.6 is 23.2 Å². The topological polar surface area (TPSA) is 47.9 Å². The van der Waals surface area contributed by atoms with E-state index >= 15 is 0 Å². The van der Waals surface area contributed by atoms with Gasteiger partial charge in [0.25, 0.3) is 0 Å². The van der Waals surface area contributed by atoms with Gasteiger partial charge in [-0.2, -0.15) is 8.78 Å². The fraction of sp³-hybridized carbons (Fsp3) is 0.0588. The van der Waals surface area contributed by atoms with Gasteiger partial charge < -0.3 is 9.47 Å². The summed E-state index contributed by atoms with van der Waals surface area (Å²) in [5.41, 5.74) is 0.591. The van der Waals surface area contributed by atoms with E-state index in [1.165, 1.54) is 30.3 Å². The first kappa shape index (κ1) is 17.4.